The first-order valence-corrected chi connectivity index (χ1v) is 6.70. The Morgan fingerprint density at radius 2 is 2.28 bits per heavy atom. The molecule has 0 aliphatic rings. The summed E-state index contributed by atoms with van der Waals surface area (Å²) in [7, 11) is 0. The van der Waals surface area contributed by atoms with Crippen molar-refractivity contribution in [3.63, 3.8) is 0 Å². The first-order valence-electron chi connectivity index (χ1n) is 5.90. The van der Waals surface area contributed by atoms with Crippen LogP contribution in [-0.2, 0) is 0 Å². The van der Waals surface area contributed by atoms with E-state index in [0.29, 0.717) is 11.7 Å². The molecule has 0 aliphatic carbocycles. The van der Waals surface area contributed by atoms with Crippen molar-refractivity contribution in [3.8, 4) is 11.4 Å². The molecule has 0 bridgehead atoms. The lowest BCUT2D eigenvalue weighted by Crippen LogP contribution is -2.10. The molecule has 0 saturated heterocycles. The average molecular weight is 311 g/mol. The predicted octanol–water partition coefficient (Wildman–Crippen LogP) is 3.08. The lowest BCUT2D eigenvalue weighted by atomic mass is 10.1. The number of rotatable bonds is 5. The number of aromatic nitrogens is 3. The Bertz CT molecular complexity index is 514. The zero-order chi connectivity index (χ0) is 13.0. The highest BCUT2D eigenvalue weighted by Gasteiger charge is 2.15. The van der Waals surface area contributed by atoms with Crippen molar-refractivity contribution in [2.45, 2.75) is 32.2 Å². The van der Waals surface area contributed by atoms with Crippen LogP contribution < -0.4 is 5.73 Å². The Labute approximate surface area is 114 Å². The maximum Gasteiger partial charge on any atom is 0.243 e. The minimum Gasteiger partial charge on any atom is -0.337 e. The van der Waals surface area contributed by atoms with Crippen molar-refractivity contribution >= 4 is 15.9 Å². The molecule has 0 amide bonds. The Kier molecular flexibility index (Phi) is 4.43. The maximum absolute atomic E-state index is 5.98. The summed E-state index contributed by atoms with van der Waals surface area (Å²) in [6.45, 7) is 2.12. The van der Waals surface area contributed by atoms with Crippen LogP contribution >= 0.6 is 15.9 Å². The van der Waals surface area contributed by atoms with Crippen molar-refractivity contribution in [2.24, 2.45) is 5.73 Å². The lowest BCUT2D eigenvalue weighted by molar-refractivity contribution is 0.346. The van der Waals surface area contributed by atoms with Crippen molar-refractivity contribution < 1.29 is 4.52 Å². The average Bonchev–Trinajstić information content (AvgIpc) is 2.85. The van der Waals surface area contributed by atoms with Crippen LogP contribution in [-0.4, -0.2) is 15.1 Å². The molecule has 0 radical (unpaired) electrons. The Morgan fingerprint density at radius 1 is 1.44 bits per heavy atom. The molecule has 18 heavy (non-hydrogen) atoms. The smallest absolute Gasteiger partial charge is 0.243 e. The van der Waals surface area contributed by atoms with Crippen LogP contribution in [0.15, 0.2) is 27.5 Å². The Morgan fingerprint density at radius 3 is 3.00 bits per heavy atom. The summed E-state index contributed by atoms with van der Waals surface area (Å²) in [5, 5.41) is 3.93. The van der Waals surface area contributed by atoms with Gasteiger partial charge in [0.25, 0.3) is 0 Å². The third-order valence-corrected chi connectivity index (χ3v) is 3.02. The van der Waals surface area contributed by atoms with Crippen LogP contribution in [0.5, 0.6) is 0 Å². The second-order valence-electron chi connectivity index (χ2n) is 4.10. The van der Waals surface area contributed by atoms with Crippen molar-refractivity contribution in [1.29, 1.82) is 0 Å². The summed E-state index contributed by atoms with van der Waals surface area (Å²) in [4.78, 5) is 8.38. The number of hydrogen-bond donors (Lipinski definition) is 1. The van der Waals surface area contributed by atoms with Gasteiger partial charge in [0.05, 0.1) is 6.04 Å². The molecule has 2 heterocycles. The van der Waals surface area contributed by atoms with E-state index in [0.717, 1.165) is 29.3 Å². The first kappa shape index (κ1) is 13.2. The van der Waals surface area contributed by atoms with Gasteiger partial charge in [-0.05, 0) is 28.4 Å². The van der Waals surface area contributed by atoms with E-state index in [1.54, 1.807) is 12.4 Å². The SMILES string of the molecule is CCCCC(N)c1nc(-c2cncc(Br)c2)no1. The highest BCUT2D eigenvalue weighted by atomic mass is 79.9. The van der Waals surface area contributed by atoms with Gasteiger partial charge in [0.1, 0.15) is 0 Å². The fraction of sp³-hybridized carbons (Fsp3) is 0.417. The fourth-order valence-corrected chi connectivity index (χ4v) is 1.95. The Balaban J connectivity index is 2.15. The van der Waals surface area contributed by atoms with Crippen molar-refractivity contribution in [3.05, 3.63) is 28.8 Å². The minimum absolute atomic E-state index is 0.189. The number of unbranched alkanes of at least 4 members (excludes halogenated alkanes) is 1. The summed E-state index contributed by atoms with van der Waals surface area (Å²) in [5.74, 6) is 1.00. The molecule has 0 aliphatic heterocycles. The van der Waals surface area contributed by atoms with Gasteiger partial charge in [-0.3, -0.25) is 4.98 Å². The van der Waals surface area contributed by atoms with Crippen LogP contribution in [0.25, 0.3) is 11.4 Å². The number of halogens is 1. The molecule has 96 valence electrons. The highest BCUT2D eigenvalue weighted by Crippen LogP contribution is 2.21. The van der Waals surface area contributed by atoms with Gasteiger partial charge in [0.2, 0.25) is 11.7 Å². The number of pyridine rings is 1. The van der Waals surface area contributed by atoms with Gasteiger partial charge in [-0.25, -0.2) is 0 Å². The largest absolute Gasteiger partial charge is 0.337 e. The first-order chi connectivity index (χ1) is 8.70. The third-order valence-electron chi connectivity index (χ3n) is 2.59. The van der Waals surface area contributed by atoms with E-state index < -0.39 is 0 Å². The normalized spacial score (nSPS) is 12.6. The molecule has 6 heteroatoms. The highest BCUT2D eigenvalue weighted by molar-refractivity contribution is 9.10. The molecule has 0 aromatic carbocycles. The van der Waals surface area contributed by atoms with Gasteiger partial charge in [-0.1, -0.05) is 24.9 Å². The van der Waals surface area contributed by atoms with E-state index in [1.807, 2.05) is 6.07 Å². The summed E-state index contributed by atoms with van der Waals surface area (Å²) in [6, 6.07) is 1.70. The standard InChI is InChI=1S/C12H15BrN4O/c1-2-3-4-10(14)12-16-11(17-18-12)8-5-9(13)7-15-6-8/h5-7,10H,2-4,14H2,1H3. The van der Waals surface area contributed by atoms with Crippen molar-refractivity contribution in [1.82, 2.24) is 15.1 Å². The molecule has 5 nitrogen and oxygen atoms in total. The third kappa shape index (κ3) is 3.14. The quantitative estimate of drug-likeness (QED) is 0.918. The molecular weight excluding hydrogens is 296 g/mol. The second kappa shape index (κ2) is 6.06. The summed E-state index contributed by atoms with van der Waals surface area (Å²) >= 11 is 3.36. The molecule has 1 atom stereocenters. The molecule has 0 spiro atoms. The molecule has 1 unspecified atom stereocenters. The fourth-order valence-electron chi connectivity index (χ4n) is 1.58. The molecule has 0 fully saturated rings. The van der Waals surface area contributed by atoms with Gasteiger partial charge >= 0.3 is 0 Å². The molecule has 2 N–H and O–H groups in total. The van der Waals surface area contributed by atoms with Crippen LogP contribution in [0.3, 0.4) is 0 Å². The van der Waals surface area contributed by atoms with Gasteiger partial charge in [0, 0.05) is 22.4 Å². The summed E-state index contributed by atoms with van der Waals surface area (Å²) < 4.78 is 6.07. The van der Waals surface area contributed by atoms with E-state index in [2.05, 4.69) is 38.0 Å². The van der Waals surface area contributed by atoms with Crippen LogP contribution in [0, 0.1) is 0 Å². The zero-order valence-electron chi connectivity index (χ0n) is 10.1. The van der Waals surface area contributed by atoms with Gasteiger partial charge in [0.15, 0.2) is 0 Å². The predicted molar refractivity (Wildman–Crippen MR) is 71.7 cm³/mol. The van der Waals surface area contributed by atoms with Gasteiger partial charge < -0.3 is 10.3 Å². The van der Waals surface area contributed by atoms with Gasteiger partial charge in [-0.15, -0.1) is 0 Å². The zero-order valence-corrected chi connectivity index (χ0v) is 11.7. The number of nitrogens with zero attached hydrogens (tertiary/aromatic N) is 3. The van der Waals surface area contributed by atoms with Crippen LogP contribution in [0.1, 0.15) is 38.1 Å². The molecular formula is C12H15BrN4O. The van der Waals surface area contributed by atoms with E-state index in [9.17, 15) is 0 Å². The van der Waals surface area contributed by atoms with Crippen LogP contribution in [0.2, 0.25) is 0 Å². The van der Waals surface area contributed by atoms with Gasteiger partial charge in [-0.2, -0.15) is 4.98 Å². The topological polar surface area (TPSA) is 77.8 Å². The monoisotopic (exact) mass is 310 g/mol. The molecule has 2 rings (SSSR count). The summed E-state index contributed by atoms with van der Waals surface area (Å²) in [6.07, 6.45) is 6.41. The van der Waals surface area contributed by atoms with E-state index >= 15 is 0 Å². The van der Waals surface area contributed by atoms with E-state index in [4.69, 9.17) is 10.3 Å². The second-order valence-corrected chi connectivity index (χ2v) is 5.01. The summed E-state index contributed by atoms with van der Waals surface area (Å²) in [5.41, 5.74) is 6.79. The minimum atomic E-state index is -0.189. The molecule has 0 saturated carbocycles. The van der Waals surface area contributed by atoms with E-state index in [1.165, 1.54) is 0 Å². The number of hydrogen-bond acceptors (Lipinski definition) is 5. The van der Waals surface area contributed by atoms with E-state index in [-0.39, 0.29) is 6.04 Å². The molecule has 2 aromatic rings. The van der Waals surface area contributed by atoms with Crippen LogP contribution in [0.4, 0.5) is 0 Å². The van der Waals surface area contributed by atoms with Crippen molar-refractivity contribution in [2.75, 3.05) is 0 Å². The Hall–Kier alpha value is -1.27. The lowest BCUT2D eigenvalue weighted by Gasteiger charge is -2.03. The molecule has 2 aromatic heterocycles. The maximum atomic E-state index is 5.98. The number of nitrogens with two attached hydrogens (primary N) is 1.